The molecule has 1 aromatic carbocycles. The third-order valence-electron chi connectivity index (χ3n) is 6.68. The van der Waals surface area contributed by atoms with Gasteiger partial charge in [-0.2, -0.15) is 0 Å². The Morgan fingerprint density at radius 3 is 2.57 bits per heavy atom. The Balaban J connectivity index is 1.56. The lowest BCUT2D eigenvalue weighted by Gasteiger charge is -2.35. The van der Waals surface area contributed by atoms with Gasteiger partial charge in [0.05, 0.1) is 6.61 Å². The third-order valence-corrected chi connectivity index (χ3v) is 7.03. The number of halogens is 2. The highest BCUT2D eigenvalue weighted by Gasteiger charge is 2.29. The number of hydrogen-bond acceptors (Lipinski definition) is 1. The Kier molecular flexibility index (Phi) is 8.02. The van der Waals surface area contributed by atoms with Gasteiger partial charge in [0.1, 0.15) is 10.8 Å². The van der Waals surface area contributed by atoms with Gasteiger partial charge in [-0.3, -0.25) is 0 Å². The molecular formula is C25H34ClFO. The average molecular weight is 405 g/mol. The fraction of sp³-hybridized carbons (Fsp3) is 0.600. The summed E-state index contributed by atoms with van der Waals surface area (Å²) >= 11 is 6.17. The van der Waals surface area contributed by atoms with Crippen molar-refractivity contribution in [2.24, 2.45) is 17.8 Å². The Labute approximate surface area is 175 Å². The lowest BCUT2D eigenvalue weighted by Crippen LogP contribution is -2.23. The van der Waals surface area contributed by atoms with E-state index < -0.39 is 0 Å². The van der Waals surface area contributed by atoms with Crippen LogP contribution in [0.2, 0.25) is 5.02 Å². The van der Waals surface area contributed by atoms with Crippen LogP contribution in [0.3, 0.4) is 0 Å². The minimum atomic E-state index is -0.334. The van der Waals surface area contributed by atoms with Crippen molar-refractivity contribution in [3.05, 3.63) is 46.8 Å². The molecule has 1 nitrogen and oxygen atoms in total. The normalized spacial score (nSPS) is 25.7. The van der Waals surface area contributed by atoms with Gasteiger partial charge in [-0.15, -0.1) is 0 Å². The summed E-state index contributed by atoms with van der Waals surface area (Å²) < 4.78 is 20.1. The van der Waals surface area contributed by atoms with Crippen molar-refractivity contribution < 1.29 is 9.13 Å². The molecule has 1 aromatic rings. The van der Waals surface area contributed by atoms with Crippen LogP contribution in [0.1, 0.15) is 77.2 Å². The summed E-state index contributed by atoms with van der Waals surface area (Å²) in [6, 6.07) is 3.63. The van der Waals surface area contributed by atoms with E-state index in [1.54, 1.807) is 6.07 Å². The van der Waals surface area contributed by atoms with Crippen molar-refractivity contribution in [1.29, 1.82) is 0 Å². The smallest absolute Gasteiger partial charge is 0.153 e. The molecule has 1 unspecified atom stereocenters. The van der Waals surface area contributed by atoms with Crippen LogP contribution in [0.4, 0.5) is 4.39 Å². The highest BCUT2D eigenvalue weighted by atomic mass is 35.5. The second-order valence-corrected chi connectivity index (χ2v) is 8.74. The van der Waals surface area contributed by atoms with Crippen molar-refractivity contribution in [1.82, 2.24) is 0 Å². The molecule has 2 aliphatic carbocycles. The predicted molar refractivity (Wildman–Crippen MR) is 117 cm³/mol. The van der Waals surface area contributed by atoms with Crippen LogP contribution < -0.4 is 4.74 Å². The average Bonchev–Trinajstić information content (AvgIpc) is 2.73. The van der Waals surface area contributed by atoms with E-state index in [1.165, 1.54) is 44.9 Å². The minimum Gasteiger partial charge on any atom is -0.492 e. The van der Waals surface area contributed by atoms with E-state index in [4.69, 9.17) is 16.3 Å². The Bertz CT molecular complexity index is 701. The van der Waals surface area contributed by atoms with Crippen LogP contribution in [0.25, 0.3) is 5.57 Å². The molecule has 0 aromatic heterocycles. The maximum absolute atomic E-state index is 14.7. The molecule has 0 radical (unpaired) electrons. The van der Waals surface area contributed by atoms with Crippen molar-refractivity contribution >= 4 is 17.2 Å². The molecule has 154 valence electrons. The number of benzene rings is 1. The van der Waals surface area contributed by atoms with Crippen molar-refractivity contribution in [2.75, 3.05) is 6.61 Å². The molecule has 1 fully saturated rings. The fourth-order valence-electron chi connectivity index (χ4n) is 5.02. The molecule has 0 N–H and O–H groups in total. The second kappa shape index (κ2) is 10.5. The van der Waals surface area contributed by atoms with E-state index >= 15 is 0 Å². The minimum absolute atomic E-state index is 0.110. The summed E-state index contributed by atoms with van der Waals surface area (Å²) in [5, 5.41) is 0.110. The Hall–Kier alpha value is -1.28. The van der Waals surface area contributed by atoms with Crippen LogP contribution in [0, 0.1) is 23.6 Å². The summed E-state index contributed by atoms with van der Waals surface area (Å²) in [6.07, 6.45) is 18.0. The largest absolute Gasteiger partial charge is 0.492 e. The molecule has 0 bridgehead atoms. The van der Waals surface area contributed by atoms with E-state index in [-0.39, 0.29) is 10.8 Å². The Morgan fingerprint density at radius 1 is 1.14 bits per heavy atom. The van der Waals surface area contributed by atoms with Gasteiger partial charge in [0.25, 0.3) is 0 Å². The van der Waals surface area contributed by atoms with E-state index in [9.17, 15) is 4.39 Å². The first-order chi connectivity index (χ1) is 13.6. The molecule has 0 spiro atoms. The summed E-state index contributed by atoms with van der Waals surface area (Å²) in [4.78, 5) is 0. The molecule has 3 rings (SSSR count). The van der Waals surface area contributed by atoms with Crippen LogP contribution >= 0.6 is 11.6 Å². The van der Waals surface area contributed by atoms with Gasteiger partial charge >= 0.3 is 0 Å². The van der Waals surface area contributed by atoms with Gasteiger partial charge in [0.15, 0.2) is 5.82 Å². The molecular weight excluding hydrogens is 371 g/mol. The van der Waals surface area contributed by atoms with E-state index in [1.807, 2.05) is 13.0 Å². The maximum Gasteiger partial charge on any atom is 0.153 e. The molecule has 0 heterocycles. The monoisotopic (exact) mass is 404 g/mol. The zero-order valence-corrected chi connectivity index (χ0v) is 18.1. The Morgan fingerprint density at radius 2 is 1.93 bits per heavy atom. The topological polar surface area (TPSA) is 9.23 Å². The summed E-state index contributed by atoms with van der Waals surface area (Å²) in [6.45, 7) is 4.47. The highest BCUT2D eigenvalue weighted by Crippen LogP contribution is 2.43. The van der Waals surface area contributed by atoms with E-state index in [0.717, 1.165) is 36.2 Å². The van der Waals surface area contributed by atoms with Crippen LogP contribution in [0.15, 0.2) is 30.4 Å². The van der Waals surface area contributed by atoms with Gasteiger partial charge in [-0.1, -0.05) is 42.7 Å². The lowest BCUT2D eigenvalue weighted by atomic mass is 9.70. The molecule has 0 aliphatic heterocycles. The maximum atomic E-state index is 14.7. The SMILES string of the molecule is C/C=C/CCC1CCC(C2CC=C(c3ccc(OCC)c(Cl)c3F)CC2)CC1. The molecule has 2 aliphatic rings. The number of rotatable bonds is 7. The predicted octanol–water partition coefficient (Wildman–Crippen LogP) is 8.22. The highest BCUT2D eigenvalue weighted by molar-refractivity contribution is 6.32. The quantitative estimate of drug-likeness (QED) is 0.416. The van der Waals surface area contributed by atoms with Crippen molar-refractivity contribution in [3.8, 4) is 5.75 Å². The van der Waals surface area contributed by atoms with Gasteiger partial charge < -0.3 is 4.74 Å². The van der Waals surface area contributed by atoms with Crippen LogP contribution in [-0.4, -0.2) is 6.61 Å². The summed E-state index contributed by atoms with van der Waals surface area (Å²) in [5.74, 6) is 2.64. The van der Waals surface area contributed by atoms with Crippen molar-refractivity contribution in [3.63, 3.8) is 0 Å². The molecule has 1 atom stereocenters. The summed E-state index contributed by atoms with van der Waals surface area (Å²) in [5.41, 5.74) is 1.76. The van der Waals surface area contributed by atoms with Gasteiger partial charge in [0.2, 0.25) is 0 Å². The first-order valence-corrected chi connectivity index (χ1v) is 11.4. The number of allylic oxidation sites excluding steroid dienone is 4. The zero-order chi connectivity index (χ0) is 19.9. The van der Waals surface area contributed by atoms with E-state index in [2.05, 4.69) is 25.2 Å². The summed E-state index contributed by atoms with van der Waals surface area (Å²) in [7, 11) is 0. The van der Waals surface area contributed by atoms with E-state index in [0.29, 0.717) is 17.9 Å². The lowest BCUT2D eigenvalue weighted by molar-refractivity contribution is 0.190. The fourth-order valence-corrected chi connectivity index (χ4v) is 5.24. The standard InChI is InChI=1S/C25H34ClFO/c1-3-5-6-7-18-8-10-19(11-9-18)20-12-14-21(15-13-20)22-16-17-23(28-4-2)24(26)25(22)27/h3,5,14,16-20H,4,6-13,15H2,1-2H3/b5-3+. The van der Waals surface area contributed by atoms with Gasteiger partial charge in [0, 0.05) is 5.56 Å². The second-order valence-electron chi connectivity index (χ2n) is 8.36. The number of hydrogen-bond donors (Lipinski definition) is 0. The molecule has 0 amide bonds. The molecule has 1 saturated carbocycles. The van der Waals surface area contributed by atoms with Gasteiger partial charge in [-0.05, 0) is 94.3 Å². The zero-order valence-electron chi connectivity index (χ0n) is 17.4. The van der Waals surface area contributed by atoms with Crippen LogP contribution in [-0.2, 0) is 0 Å². The first kappa shape index (κ1) is 21.4. The molecule has 0 saturated heterocycles. The number of ether oxygens (including phenoxy) is 1. The van der Waals surface area contributed by atoms with Gasteiger partial charge in [-0.25, -0.2) is 4.39 Å². The third kappa shape index (κ3) is 5.20. The van der Waals surface area contributed by atoms with Crippen LogP contribution in [0.5, 0.6) is 5.75 Å². The van der Waals surface area contributed by atoms with Crippen molar-refractivity contribution in [2.45, 2.75) is 71.6 Å². The molecule has 3 heteroatoms. The first-order valence-electron chi connectivity index (χ1n) is 11.0. The molecule has 28 heavy (non-hydrogen) atoms.